The van der Waals surface area contributed by atoms with Crippen LogP contribution < -0.4 is 10.6 Å². The molecule has 7 heteroatoms. The number of carboxylic acids is 1. The number of rotatable bonds is 9. The van der Waals surface area contributed by atoms with Gasteiger partial charge in [0.2, 0.25) is 0 Å². The summed E-state index contributed by atoms with van der Waals surface area (Å²) in [6, 6.07) is -0.324. The highest BCUT2D eigenvalue weighted by Gasteiger charge is 2.39. The molecule has 2 amide bonds. The van der Waals surface area contributed by atoms with Crippen molar-refractivity contribution in [2.45, 2.75) is 45.4 Å². The van der Waals surface area contributed by atoms with Gasteiger partial charge in [0.05, 0.1) is 13.0 Å². The second-order valence-corrected chi connectivity index (χ2v) is 5.44. The van der Waals surface area contributed by atoms with Crippen LogP contribution in [0.1, 0.15) is 45.4 Å². The van der Waals surface area contributed by atoms with Crippen LogP contribution in [0, 0.1) is 5.41 Å². The molecule has 0 radical (unpaired) electrons. The second kappa shape index (κ2) is 8.49. The van der Waals surface area contributed by atoms with Crippen molar-refractivity contribution < 1.29 is 24.2 Å². The van der Waals surface area contributed by atoms with Gasteiger partial charge in [-0.1, -0.05) is 6.42 Å². The van der Waals surface area contributed by atoms with Gasteiger partial charge in [0.25, 0.3) is 0 Å². The lowest BCUT2D eigenvalue weighted by atomic mass is 9.66. The third-order valence-corrected chi connectivity index (χ3v) is 3.71. The summed E-state index contributed by atoms with van der Waals surface area (Å²) in [7, 11) is 0. The van der Waals surface area contributed by atoms with E-state index < -0.39 is 5.97 Å². The highest BCUT2D eigenvalue weighted by molar-refractivity contribution is 5.74. The highest BCUT2D eigenvalue weighted by Crippen LogP contribution is 2.43. The lowest BCUT2D eigenvalue weighted by molar-refractivity contribution is -0.143. The molecule has 1 aliphatic carbocycles. The molecule has 0 aromatic rings. The first-order valence-corrected chi connectivity index (χ1v) is 7.36. The molecular weight excluding hydrogens is 276 g/mol. The van der Waals surface area contributed by atoms with Crippen LogP contribution in [-0.2, 0) is 14.3 Å². The number of carboxylic acid groups (broad SMARTS) is 1. The third kappa shape index (κ3) is 6.46. The molecule has 1 saturated carbocycles. The fourth-order valence-corrected chi connectivity index (χ4v) is 2.41. The Morgan fingerprint density at radius 2 is 1.95 bits per heavy atom. The number of aliphatic carboxylic acids is 1. The summed E-state index contributed by atoms with van der Waals surface area (Å²) < 4.78 is 4.78. The van der Waals surface area contributed by atoms with Gasteiger partial charge in [0, 0.05) is 19.5 Å². The molecule has 0 bridgehead atoms. The van der Waals surface area contributed by atoms with E-state index in [0.717, 1.165) is 19.3 Å². The maximum Gasteiger partial charge on any atom is 0.314 e. The highest BCUT2D eigenvalue weighted by atomic mass is 16.5. The van der Waals surface area contributed by atoms with E-state index in [1.807, 2.05) is 0 Å². The van der Waals surface area contributed by atoms with Crippen molar-refractivity contribution >= 4 is 18.0 Å². The molecule has 0 saturated heterocycles. The molecule has 0 atom stereocenters. The monoisotopic (exact) mass is 300 g/mol. The smallest absolute Gasteiger partial charge is 0.314 e. The molecular formula is C14H24N2O5. The number of nitrogens with one attached hydrogen (secondary N) is 2. The van der Waals surface area contributed by atoms with E-state index in [1.54, 1.807) is 6.92 Å². The predicted octanol–water partition coefficient (Wildman–Crippen LogP) is 1.27. The quantitative estimate of drug-likeness (QED) is 0.439. The van der Waals surface area contributed by atoms with Crippen molar-refractivity contribution in [3.63, 3.8) is 0 Å². The summed E-state index contributed by atoms with van der Waals surface area (Å²) in [4.78, 5) is 33.5. The number of urea groups is 1. The molecule has 0 spiro atoms. The van der Waals surface area contributed by atoms with Gasteiger partial charge in [-0.25, -0.2) is 4.79 Å². The van der Waals surface area contributed by atoms with E-state index in [2.05, 4.69) is 10.6 Å². The molecule has 0 aromatic heterocycles. The zero-order valence-electron chi connectivity index (χ0n) is 12.4. The zero-order valence-corrected chi connectivity index (χ0v) is 12.4. The molecule has 1 aliphatic rings. The summed E-state index contributed by atoms with van der Waals surface area (Å²) in [6.07, 6.45) is 3.57. The Morgan fingerprint density at radius 1 is 1.24 bits per heavy atom. The van der Waals surface area contributed by atoms with Crippen molar-refractivity contribution in [3.05, 3.63) is 0 Å². The van der Waals surface area contributed by atoms with E-state index in [-0.39, 0.29) is 30.3 Å². The number of ether oxygens (including phenoxy) is 1. The first-order valence-electron chi connectivity index (χ1n) is 7.36. The van der Waals surface area contributed by atoms with Crippen molar-refractivity contribution in [2.75, 3.05) is 19.7 Å². The van der Waals surface area contributed by atoms with Crippen LogP contribution in [0.5, 0.6) is 0 Å². The predicted molar refractivity (Wildman–Crippen MR) is 75.8 cm³/mol. The number of esters is 1. The Kier molecular flexibility index (Phi) is 6.98. The molecule has 7 nitrogen and oxygen atoms in total. The summed E-state index contributed by atoms with van der Waals surface area (Å²) in [5.41, 5.74) is -0.284. The SMILES string of the molecule is CCOC(=O)CCCNC(=O)NCC1(CC(=O)O)CCC1. The van der Waals surface area contributed by atoms with Crippen LogP contribution in [0.4, 0.5) is 4.79 Å². The Bertz CT molecular complexity index is 380. The van der Waals surface area contributed by atoms with Crippen molar-refractivity contribution in [1.29, 1.82) is 0 Å². The minimum Gasteiger partial charge on any atom is -0.481 e. The minimum atomic E-state index is -0.827. The van der Waals surface area contributed by atoms with Crippen LogP contribution in [0.2, 0.25) is 0 Å². The number of hydrogen-bond donors (Lipinski definition) is 3. The molecule has 1 rings (SSSR count). The number of hydrogen-bond acceptors (Lipinski definition) is 4. The average Bonchev–Trinajstić information content (AvgIpc) is 2.37. The fourth-order valence-electron chi connectivity index (χ4n) is 2.41. The fraction of sp³-hybridized carbons (Fsp3) is 0.786. The van der Waals surface area contributed by atoms with Gasteiger partial charge in [-0.2, -0.15) is 0 Å². The number of amides is 2. The normalized spacial score (nSPS) is 15.7. The summed E-state index contributed by atoms with van der Waals surface area (Å²) >= 11 is 0. The second-order valence-electron chi connectivity index (χ2n) is 5.44. The van der Waals surface area contributed by atoms with Crippen molar-refractivity contribution in [2.24, 2.45) is 5.41 Å². The van der Waals surface area contributed by atoms with Crippen molar-refractivity contribution in [3.8, 4) is 0 Å². The molecule has 1 fully saturated rings. The zero-order chi connectivity index (χ0) is 15.7. The van der Waals surface area contributed by atoms with Crippen molar-refractivity contribution in [1.82, 2.24) is 10.6 Å². The largest absolute Gasteiger partial charge is 0.481 e. The van der Waals surface area contributed by atoms with Gasteiger partial charge in [-0.15, -0.1) is 0 Å². The standard InChI is InChI=1S/C14H24N2O5/c1-2-21-12(19)5-3-8-15-13(20)16-10-14(6-4-7-14)9-11(17)18/h2-10H2,1H3,(H,17,18)(H2,15,16,20). The van der Waals surface area contributed by atoms with Crippen LogP contribution in [0.25, 0.3) is 0 Å². The summed E-state index contributed by atoms with van der Waals surface area (Å²) in [5.74, 6) is -1.10. The van der Waals surface area contributed by atoms with Crippen LogP contribution >= 0.6 is 0 Å². The minimum absolute atomic E-state index is 0.0934. The van der Waals surface area contributed by atoms with Gasteiger partial charge in [-0.05, 0) is 31.6 Å². The van der Waals surface area contributed by atoms with Gasteiger partial charge < -0.3 is 20.5 Å². The van der Waals surface area contributed by atoms with Crippen LogP contribution in [-0.4, -0.2) is 42.8 Å². The Balaban J connectivity index is 2.13. The lowest BCUT2D eigenvalue weighted by Crippen LogP contribution is -2.46. The maximum absolute atomic E-state index is 11.6. The van der Waals surface area contributed by atoms with Gasteiger partial charge >= 0.3 is 18.0 Å². The molecule has 0 unspecified atom stereocenters. The first-order chi connectivity index (χ1) is 9.97. The van der Waals surface area contributed by atoms with E-state index in [1.165, 1.54) is 0 Å². The molecule has 0 aliphatic heterocycles. The summed E-state index contributed by atoms with van der Waals surface area (Å²) in [6.45, 7) is 2.87. The Labute approximate surface area is 124 Å². The molecule has 0 aromatic carbocycles. The number of carbonyl (C=O) groups excluding carboxylic acids is 2. The summed E-state index contributed by atoms with van der Waals surface area (Å²) in [5, 5.41) is 14.2. The average molecular weight is 300 g/mol. The molecule has 21 heavy (non-hydrogen) atoms. The van der Waals surface area contributed by atoms with E-state index in [4.69, 9.17) is 9.84 Å². The lowest BCUT2D eigenvalue weighted by Gasteiger charge is -2.40. The molecule has 3 N–H and O–H groups in total. The van der Waals surface area contributed by atoms with E-state index in [0.29, 0.717) is 26.1 Å². The first kappa shape index (κ1) is 17.3. The molecule has 120 valence electrons. The van der Waals surface area contributed by atoms with E-state index in [9.17, 15) is 14.4 Å². The van der Waals surface area contributed by atoms with Crippen LogP contribution in [0.3, 0.4) is 0 Å². The topological polar surface area (TPSA) is 105 Å². The van der Waals surface area contributed by atoms with Gasteiger partial charge in [0.1, 0.15) is 0 Å². The third-order valence-electron chi connectivity index (χ3n) is 3.71. The van der Waals surface area contributed by atoms with Gasteiger partial charge in [-0.3, -0.25) is 9.59 Å². The van der Waals surface area contributed by atoms with Gasteiger partial charge in [0.15, 0.2) is 0 Å². The van der Waals surface area contributed by atoms with Crippen LogP contribution in [0.15, 0.2) is 0 Å². The van der Waals surface area contributed by atoms with E-state index >= 15 is 0 Å². The maximum atomic E-state index is 11.6. The Morgan fingerprint density at radius 3 is 2.48 bits per heavy atom. The Hall–Kier alpha value is -1.79. The molecule has 0 heterocycles. The number of carbonyl (C=O) groups is 3.